The zero-order chi connectivity index (χ0) is 24.5. The number of ether oxygens (including phenoxy) is 1. The highest BCUT2D eigenvalue weighted by atomic mass is 19.1. The number of aryl methyl sites for hydroxylation is 1. The maximum Gasteiger partial charge on any atom is 0.241 e. The van der Waals surface area contributed by atoms with Crippen LogP contribution in [0.4, 0.5) is 10.1 Å². The summed E-state index contributed by atoms with van der Waals surface area (Å²) in [5.74, 6) is -5.69. The van der Waals surface area contributed by atoms with Gasteiger partial charge >= 0.3 is 0 Å². The fraction of sp³-hybridized carbons (Fsp3) is 0.214. The van der Waals surface area contributed by atoms with Crippen molar-refractivity contribution >= 4 is 29.1 Å². The molecule has 2 saturated heterocycles. The Morgan fingerprint density at radius 3 is 2.11 bits per heavy atom. The number of carbonyl (C=O) groups excluding carboxylic acids is 4. The zero-order valence-corrected chi connectivity index (χ0v) is 18.7. The highest BCUT2D eigenvalue weighted by Gasteiger charge is 2.74. The van der Waals surface area contributed by atoms with E-state index in [2.05, 4.69) is 0 Å². The molecule has 0 bridgehead atoms. The van der Waals surface area contributed by atoms with Gasteiger partial charge in [0.05, 0.1) is 23.6 Å². The molecule has 6 nitrogen and oxygen atoms in total. The zero-order valence-electron chi connectivity index (χ0n) is 18.7. The summed E-state index contributed by atoms with van der Waals surface area (Å²) in [6.45, 7) is 2.01. The van der Waals surface area contributed by atoms with Crippen molar-refractivity contribution in [2.45, 2.75) is 25.0 Å². The number of fused-ring (bicyclic) bond motifs is 3. The Balaban J connectivity index is 1.53. The molecule has 35 heavy (non-hydrogen) atoms. The molecule has 7 heteroatoms. The van der Waals surface area contributed by atoms with Gasteiger partial charge in [-0.1, -0.05) is 61.5 Å². The lowest BCUT2D eigenvalue weighted by Crippen LogP contribution is -2.51. The van der Waals surface area contributed by atoms with E-state index >= 15 is 0 Å². The van der Waals surface area contributed by atoms with Gasteiger partial charge in [0, 0.05) is 11.1 Å². The van der Waals surface area contributed by atoms with Crippen LogP contribution in [-0.2, 0) is 20.7 Å². The van der Waals surface area contributed by atoms with Crippen molar-refractivity contribution in [2.75, 3.05) is 4.90 Å². The van der Waals surface area contributed by atoms with E-state index in [-0.39, 0.29) is 16.8 Å². The summed E-state index contributed by atoms with van der Waals surface area (Å²) in [4.78, 5) is 55.8. The molecular formula is C28H20FNO5. The quantitative estimate of drug-likeness (QED) is 0.427. The predicted octanol–water partition coefficient (Wildman–Crippen LogP) is 4.08. The number of halogens is 1. The van der Waals surface area contributed by atoms with Crippen LogP contribution in [0.25, 0.3) is 0 Å². The summed E-state index contributed by atoms with van der Waals surface area (Å²) in [6, 6.07) is 18.8. The van der Waals surface area contributed by atoms with Gasteiger partial charge in [-0.2, -0.15) is 0 Å². The van der Waals surface area contributed by atoms with Crippen LogP contribution in [0.15, 0.2) is 72.8 Å². The second-order valence-electron chi connectivity index (χ2n) is 9.07. The molecule has 0 radical (unpaired) electrons. The van der Waals surface area contributed by atoms with E-state index in [1.54, 1.807) is 24.3 Å². The summed E-state index contributed by atoms with van der Waals surface area (Å²) in [6.07, 6.45) is -0.193. The topological polar surface area (TPSA) is 80.8 Å². The van der Waals surface area contributed by atoms with Crippen LogP contribution in [0.2, 0.25) is 0 Å². The molecule has 174 valence electrons. The van der Waals surface area contributed by atoms with Crippen molar-refractivity contribution in [3.05, 3.63) is 101 Å². The number of hydrogen-bond acceptors (Lipinski definition) is 5. The van der Waals surface area contributed by atoms with Crippen LogP contribution in [-0.4, -0.2) is 29.0 Å². The summed E-state index contributed by atoms with van der Waals surface area (Å²) in [7, 11) is 0. The third-order valence-corrected chi connectivity index (χ3v) is 7.30. The summed E-state index contributed by atoms with van der Waals surface area (Å²) < 4.78 is 20.2. The lowest BCUT2D eigenvalue weighted by atomic mass is 9.77. The third-order valence-electron chi connectivity index (χ3n) is 7.30. The molecule has 0 aromatic heterocycles. The smallest absolute Gasteiger partial charge is 0.241 e. The van der Waals surface area contributed by atoms with E-state index in [1.807, 2.05) is 19.1 Å². The molecule has 3 aromatic rings. The largest absolute Gasteiger partial charge is 0.349 e. The molecule has 1 aliphatic carbocycles. The van der Waals surface area contributed by atoms with Crippen LogP contribution in [0.5, 0.6) is 0 Å². The average Bonchev–Trinajstić information content (AvgIpc) is 3.44. The molecule has 3 aromatic carbocycles. The SMILES string of the molecule is CCc1ccc(C2OC3(C(=O)c4ccccc4C3=O)C3C(=O)N(c4cccc(F)c4)C(=O)C23)cc1. The lowest BCUT2D eigenvalue weighted by molar-refractivity contribution is -0.127. The van der Waals surface area contributed by atoms with E-state index in [0.717, 1.165) is 23.0 Å². The number of rotatable bonds is 3. The van der Waals surface area contributed by atoms with Gasteiger partial charge in [0.1, 0.15) is 5.82 Å². The maximum atomic E-state index is 14.0. The number of amides is 2. The highest BCUT2D eigenvalue weighted by molar-refractivity contribution is 6.37. The minimum Gasteiger partial charge on any atom is -0.349 e. The van der Waals surface area contributed by atoms with Crippen molar-refractivity contribution in [1.82, 2.24) is 0 Å². The van der Waals surface area contributed by atoms with Gasteiger partial charge in [0.2, 0.25) is 29.0 Å². The molecule has 0 N–H and O–H groups in total. The van der Waals surface area contributed by atoms with E-state index in [0.29, 0.717) is 5.56 Å². The Morgan fingerprint density at radius 2 is 1.51 bits per heavy atom. The average molecular weight is 469 g/mol. The molecular weight excluding hydrogens is 449 g/mol. The first kappa shape index (κ1) is 21.6. The van der Waals surface area contributed by atoms with E-state index in [1.165, 1.54) is 30.3 Å². The van der Waals surface area contributed by atoms with Gasteiger partial charge in [-0.15, -0.1) is 0 Å². The Kier molecular flexibility index (Phi) is 4.63. The maximum absolute atomic E-state index is 14.0. The van der Waals surface area contributed by atoms with Gasteiger partial charge < -0.3 is 4.74 Å². The van der Waals surface area contributed by atoms with Crippen molar-refractivity contribution in [1.29, 1.82) is 0 Å². The van der Waals surface area contributed by atoms with Crippen LogP contribution in [0, 0.1) is 17.7 Å². The van der Waals surface area contributed by atoms with Gasteiger partial charge in [0.25, 0.3) is 0 Å². The van der Waals surface area contributed by atoms with Gasteiger partial charge in [-0.25, -0.2) is 9.29 Å². The molecule has 2 fully saturated rings. The van der Waals surface area contributed by atoms with Crippen LogP contribution >= 0.6 is 0 Å². The van der Waals surface area contributed by atoms with Crippen LogP contribution in [0.1, 0.15) is 44.9 Å². The number of Topliss-reactive ketones (excluding diaryl/α,β-unsaturated/α-hetero) is 2. The molecule has 6 rings (SSSR count). The van der Waals surface area contributed by atoms with Crippen molar-refractivity contribution in [3.8, 4) is 0 Å². The number of anilines is 1. The van der Waals surface area contributed by atoms with Crippen LogP contribution < -0.4 is 4.90 Å². The number of carbonyl (C=O) groups is 4. The summed E-state index contributed by atoms with van der Waals surface area (Å²) in [5.41, 5.74) is -0.0935. The number of benzene rings is 3. The minimum atomic E-state index is -2.14. The first-order valence-electron chi connectivity index (χ1n) is 11.5. The second-order valence-corrected chi connectivity index (χ2v) is 9.07. The Bertz CT molecular complexity index is 1390. The Hall–Kier alpha value is -3.97. The predicted molar refractivity (Wildman–Crippen MR) is 123 cm³/mol. The Morgan fingerprint density at radius 1 is 0.857 bits per heavy atom. The summed E-state index contributed by atoms with van der Waals surface area (Å²) in [5, 5.41) is 0. The van der Waals surface area contributed by atoms with E-state index in [9.17, 15) is 23.6 Å². The lowest BCUT2D eigenvalue weighted by Gasteiger charge is -2.27. The fourth-order valence-corrected chi connectivity index (χ4v) is 5.63. The van der Waals surface area contributed by atoms with Crippen molar-refractivity contribution in [2.24, 2.45) is 11.8 Å². The third kappa shape index (κ3) is 2.79. The van der Waals surface area contributed by atoms with Crippen molar-refractivity contribution in [3.63, 3.8) is 0 Å². The standard InChI is InChI=1S/C28H20FNO5/c1-2-15-10-12-16(13-11-15)23-21-22(27(34)30(26(21)33)18-7-5-6-17(29)14-18)28(35-23)24(31)19-8-3-4-9-20(19)25(28)32/h3-14,21-23H,2H2,1H3. The van der Waals surface area contributed by atoms with Gasteiger partial charge in [0.15, 0.2) is 0 Å². The molecule has 3 unspecified atom stereocenters. The number of hydrogen-bond donors (Lipinski definition) is 0. The first-order valence-corrected chi connectivity index (χ1v) is 11.5. The summed E-state index contributed by atoms with van der Waals surface area (Å²) >= 11 is 0. The number of imide groups is 1. The molecule has 2 amide bonds. The molecule has 2 heterocycles. The normalized spacial score (nSPS) is 24.4. The highest BCUT2D eigenvalue weighted by Crippen LogP contribution is 2.57. The minimum absolute atomic E-state index is 0.0556. The number of nitrogens with zero attached hydrogens (tertiary/aromatic N) is 1. The fourth-order valence-electron chi connectivity index (χ4n) is 5.63. The van der Waals surface area contributed by atoms with Crippen LogP contribution in [0.3, 0.4) is 0 Å². The van der Waals surface area contributed by atoms with Crippen molar-refractivity contribution < 1.29 is 28.3 Å². The van der Waals surface area contributed by atoms with Gasteiger partial charge in [-0.3, -0.25) is 19.2 Å². The molecule has 1 spiro atoms. The molecule has 0 saturated carbocycles. The monoisotopic (exact) mass is 469 g/mol. The first-order chi connectivity index (χ1) is 16.9. The van der Waals surface area contributed by atoms with E-state index in [4.69, 9.17) is 4.74 Å². The molecule has 3 aliphatic rings. The van der Waals surface area contributed by atoms with E-state index < -0.39 is 52.7 Å². The molecule has 2 aliphatic heterocycles. The Labute approximate surface area is 200 Å². The van der Waals surface area contributed by atoms with Gasteiger partial charge in [-0.05, 0) is 35.7 Å². The number of ketones is 2. The molecule has 3 atom stereocenters. The second kappa shape index (κ2) is 7.52.